The summed E-state index contributed by atoms with van der Waals surface area (Å²) in [5, 5.41) is 8.99. The molecule has 1 amide bonds. The molecule has 1 unspecified atom stereocenters. The summed E-state index contributed by atoms with van der Waals surface area (Å²) in [6, 6.07) is 15.6. The minimum absolute atomic E-state index is 0.00332. The maximum Gasteiger partial charge on any atom is 0.253 e. The van der Waals surface area contributed by atoms with Crippen molar-refractivity contribution >= 4 is 5.91 Å². The van der Waals surface area contributed by atoms with Crippen LogP contribution in [-0.2, 0) is 6.42 Å². The molecule has 0 bridgehead atoms. The van der Waals surface area contributed by atoms with E-state index >= 15 is 0 Å². The normalized spacial score (nSPS) is 17.1. The van der Waals surface area contributed by atoms with Gasteiger partial charge in [-0.15, -0.1) is 0 Å². The number of nitriles is 1. The van der Waals surface area contributed by atoms with Crippen LogP contribution in [-0.4, -0.2) is 23.9 Å². The number of piperidine rings is 1. The van der Waals surface area contributed by atoms with E-state index in [0.29, 0.717) is 17.0 Å². The number of carbonyl (C=O) groups is 1. The van der Waals surface area contributed by atoms with Crippen molar-refractivity contribution in [2.45, 2.75) is 25.7 Å². The first-order valence-corrected chi connectivity index (χ1v) is 8.69. The molecule has 0 spiro atoms. The van der Waals surface area contributed by atoms with Gasteiger partial charge in [-0.2, -0.15) is 5.26 Å². The van der Waals surface area contributed by atoms with Crippen LogP contribution >= 0.6 is 0 Å². The number of aryl methyl sites for hydroxylation is 1. The van der Waals surface area contributed by atoms with Crippen LogP contribution in [0.4, 0.5) is 4.39 Å². The van der Waals surface area contributed by atoms with Gasteiger partial charge in [-0.05, 0) is 67.5 Å². The molecule has 25 heavy (non-hydrogen) atoms. The van der Waals surface area contributed by atoms with E-state index in [1.165, 1.54) is 12.1 Å². The van der Waals surface area contributed by atoms with E-state index in [-0.39, 0.29) is 11.7 Å². The van der Waals surface area contributed by atoms with E-state index in [1.807, 2.05) is 17.0 Å². The van der Waals surface area contributed by atoms with Crippen LogP contribution in [0.5, 0.6) is 0 Å². The van der Waals surface area contributed by atoms with Crippen LogP contribution in [0, 0.1) is 23.1 Å². The third kappa shape index (κ3) is 4.45. The molecule has 1 aliphatic heterocycles. The van der Waals surface area contributed by atoms with Gasteiger partial charge >= 0.3 is 0 Å². The molecular weight excluding hydrogens is 315 g/mol. The minimum Gasteiger partial charge on any atom is -0.338 e. The van der Waals surface area contributed by atoms with Crippen molar-refractivity contribution in [1.29, 1.82) is 5.26 Å². The zero-order valence-corrected chi connectivity index (χ0v) is 14.1. The summed E-state index contributed by atoms with van der Waals surface area (Å²) in [6.45, 7) is 1.51. The van der Waals surface area contributed by atoms with Gasteiger partial charge in [-0.1, -0.05) is 18.2 Å². The Kier molecular flexibility index (Phi) is 5.45. The van der Waals surface area contributed by atoms with Crippen molar-refractivity contribution < 1.29 is 9.18 Å². The minimum atomic E-state index is -0.210. The second-order valence-electron chi connectivity index (χ2n) is 6.62. The topological polar surface area (TPSA) is 44.1 Å². The van der Waals surface area contributed by atoms with Gasteiger partial charge in [0.15, 0.2) is 0 Å². The summed E-state index contributed by atoms with van der Waals surface area (Å²) in [5.74, 6) is 0.253. The number of amides is 1. The quantitative estimate of drug-likeness (QED) is 0.840. The van der Waals surface area contributed by atoms with Crippen LogP contribution in [0.2, 0.25) is 0 Å². The molecule has 1 aliphatic rings. The molecule has 0 radical (unpaired) electrons. The Balaban J connectivity index is 1.59. The van der Waals surface area contributed by atoms with Crippen molar-refractivity contribution in [2.75, 3.05) is 13.1 Å². The molecule has 1 heterocycles. The number of hydrogen-bond acceptors (Lipinski definition) is 2. The highest BCUT2D eigenvalue weighted by molar-refractivity contribution is 5.94. The Labute approximate surface area is 147 Å². The molecule has 1 atom stereocenters. The average molecular weight is 336 g/mol. The van der Waals surface area contributed by atoms with Gasteiger partial charge in [0.05, 0.1) is 11.6 Å². The molecule has 1 saturated heterocycles. The van der Waals surface area contributed by atoms with E-state index in [2.05, 4.69) is 6.07 Å². The fourth-order valence-electron chi connectivity index (χ4n) is 3.41. The van der Waals surface area contributed by atoms with Crippen LogP contribution in [0.25, 0.3) is 0 Å². The number of nitrogens with zero attached hydrogens (tertiary/aromatic N) is 2. The molecule has 128 valence electrons. The van der Waals surface area contributed by atoms with Crippen LogP contribution in [0.1, 0.15) is 40.7 Å². The largest absolute Gasteiger partial charge is 0.338 e. The Hall–Kier alpha value is -2.67. The molecule has 4 heteroatoms. The maximum atomic E-state index is 13.0. The summed E-state index contributed by atoms with van der Waals surface area (Å²) in [5.41, 5.74) is 2.22. The smallest absolute Gasteiger partial charge is 0.253 e. The lowest BCUT2D eigenvalue weighted by molar-refractivity contribution is 0.0668. The van der Waals surface area contributed by atoms with Gasteiger partial charge in [-0.25, -0.2) is 4.39 Å². The lowest BCUT2D eigenvalue weighted by Crippen LogP contribution is -2.40. The monoisotopic (exact) mass is 336 g/mol. The van der Waals surface area contributed by atoms with Gasteiger partial charge in [-0.3, -0.25) is 4.79 Å². The number of rotatable bonds is 4. The van der Waals surface area contributed by atoms with Crippen molar-refractivity contribution in [1.82, 2.24) is 4.90 Å². The van der Waals surface area contributed by atoms with Gasteiger partial charge in [0.1, 0.15) is 5.82 Å². The fraction of sp³-hybridized carbons (Fsp3) is 0.333. The molecule has 3 nitrogen and oxygen atoms in total. The fourth-order valence-corrected chi connectivity index (χ4v) is 3.41. The maximum absolute atomic E-state index is 13.0. The Bertz CT molecular complexity index is 779. The van der Waals surface area contributed by atoms with Crippen LogP contribution < -0.4 is 0 Å². The number of benzene rings is 2. The number of halogens is 1. The summed E-state index contributed by atoms with van der Waals surface area (Å²) in [4.78, 5) is 14.6. The highest BCUT2D eigenvalue weighted by Crippen LogP contribution is 2.23. The summed E-state index contributed by atoms with van der Waals surface area (Å²) in [7, 11) is 0. The SMILES string of the molecule is N#Cc1cccc(C(=O)N2CCCC(CCc3ccc(F)cc3)C2)c1. The number of hydrogen-bond donors (Lipinski definition) is 0. The molecular formula is C21H21FN2O. The van der Waals surface area contributed by atoms with E-state index in [4.69, 9.17) is 5.26 Å². The molecule has 3 rings (SSSR count). The highest BCUT2D eigenvalue weighted by atomic mass is 19.1. The van der Waals surface area contributed by atoms with Crippen LogP contribution in [0.15, 0.2) is 48.5 Å². The van der Waals surface area contributed by atoms with Crippen LogP contribution in [0.3, 0.4) is 0 Å². The third-order valence-electron chi connectivity index (χ3n) is 4.80. The highest BCUT2D eigenvalue weighted by Gasteiger charge is 2.24. The van der Waals surface area contributed by atoms with Gasteiger partial charge < -0.3 is 4.90 Å². The van der Waals surface area contributed by atoms with Gasteiger partial charge in [0, 0.05) is 18.7 Å². The van der Waals surface area contributed by atoms with Gasteiger partial charge in [0.2, 0.25) is 0 Å². The van der Waals surface area contributed by atoms with E-state index in [9.17, 15) is 9.18 Å². The molecule has 0 aromatic heterocycles. The predicted octanol–water partition coefficient (Wildman–Crippen LogP) is 4.18. The molecule has 0 N–H and O–H groups in total. The van der Waals surface area contributed by atoms with E-state index < -0.39 is 0 Å². The molecule has 0 saturated carbocycles. The molecule has 2 aromatic carbocycles. The van der Waals surface area contributed by atoms with Crippen molar-refractivity contribution in [3.05, 3.63) is 71.0 Å². The van der Waals surface area contributed by atoms with Crippen molar-refractivity contribution in [3.63, 3.8) is 0 Å². The lowest BCUT2D eigenvalue weighted by Gasteiger charge is -2.33. The number of likely N-dealkylation sites (tertiary alicyclic amines) is 1. The standard InChI is InChI=1S/C21H21FN2O/c22-20-10-8-16(9-11-20)6-7-17-4-2-12-24(15-17)21(25)19-5-1-3-18(13-19)14-23/h1,3,5,8-11,13,17H,2,4,6-7,12,15H2. The van der Waals surface area contributed by atoms with E-state index in [1.54, 1.807) is 24.3 Å². The first-order chi connectivity index (χ1) is 12.2. The van der Waals surface area contributed by atoms with Crippen molar-refractivity contribution in [2.24, 2.45) is 5.92 Å². The first kappa shape index (κ1) is 17.2. The average Bonchev–Trinajstić information content (AvgIpc) is 2.67. The lowest BCUT2D eigenvalue weighted by atomic mass is 9.91. The second kappa shape index (κ2) is 7.94. The summed E-state index contributed by atoms with van der Waals surface area (Å²) < 4.78 is 13.0. The Morgan fingerprint density at radius 3 is 2.80 bits per heavy atom. The Morgan fingerprint density at radius 2 is 2.04 bits per heavy atom. The van der Waals surface area contributed by atoms with E-state index in [0.717, 1.165) is 44.3 Å². The zero-order valence-electron chi connectivity index (χ0n) is 14.1. The second-order valence-corrected chi connectivity index (χ2v) is 6.62. The van der Waals surface area contributed by atoms with Gasteiger partial charge in [0.25, 0.3) is 5.91 Å². The molecule has 2 aromatic rings. The summed E-state index contributed by atoms with van der Waals surface area (Å²) in [6.07, 6.45) is 4.01. The third-order valence-corrected chi connectivity index (χ3v) is 4.80. The molecule has 1 fully saturated rings. The Morgan fingerprint density at radius 1 is 1.24 bits per heavy atom. The predicted molar refractivity (Wildman–Crippen MR) is 94.5 cm³/mol. The first-order valence-electron chi connectivity index (χ1n) is 8.69. The van der Waals surface area contributed by atoms with Crippen molar-refractivity contribution in [3.8, 4) is 6.07 Å². The zero-order chi connectivity index (χ0) is 17.6. The molecule has 0 aliphatic carbocycles. The summed E-state index contributed by atoms with van der Waals surface area (Å²) >= 11 is 0. The number of carbonyl (C=O) groups excluding carboxylic acids is 1.